The Bertz CT molecular complexity index is 522. The first-order valence-electron chi connectivity index (χ1n) is 7.29. The van der Waals surface area contributed by atoms with Gasteiger partial charge in [0.1, 0.15) is 0 Å². The third-order valence-corrected chi connectivity index (χ3v) is 4.42. The van der Waals surface area contributed by atoms with E-state index in [1.54, 1.807) is 0 Å². The molecule has 1 N–H and O–H groups in total. The minimum absolute atomic E-state index is 0.165. The van der Waals surface area contributed by atoms with Gasteiger partial charge in [-0.25, -0.2) is 0 Å². The van der Waals surface area contributed by atoms with E-state index in [4.69, 9.17) is 0 Å². The van der Waals surface area contributed by atoms with E-state index in [9.17, 15) is 0 Å². The lowest BCUT2D eigenvalue weighted by atomic mass is 9.94. The van der Waals surface area contributed by atoms with Crippen molar-refractivity contribution in [2.75, 3.05) is 6.54 Å². The SMILES string of the molecule is Cc1ccc(CC(CNC(C)(C)C)c2ccccc2)s1. The Morgan fingerprint density at radius 1 is 1.05 bits per heavy atom. The molecule has 1 nitrogen and oxygen atoms in total. The summed E-state index contributed by atoms with van der Waals surface area (Å²) in [5, 5.41) is 3.65. The Morgan fingerprint density at radius 3 is 2.30 bits per heavy atom. The number of aryl methyl sites for hydroxylation is 1. The molecule has 108 valence electrons. The fourth-order valence-electron chi connectivity index (χ4n) is 2.30. The Hall–Kier alpha value is -1.12. The van der Waals surface area contributed by atoms with Gasteiger partial charge in [-0.2, -0.15) is 0 Å². The Morgan fingerprint density at radius 2 is 1.75 bits per heavy atom. The van der Waals surface area contributed by atoms with Gasteiger partial charge in [0.05, 0.1) is 0 Å². The molecule has 1 aromatic heterocycles. The lowest BCUT2D eigenvalue weighted by Gasteiger charge is -2.25. The summed E-state index contributed by atoms with van der Waals surface area (Å²) in [4.78, 5) is 2.88. The average molecular weight is 287 g/mol. The zero-order valence-corrected chi connectivity index (χ0v) is 13.8. The van der Waals surface area contributed by atoms with Crippen LogP contribution in [0.3, 0.4) is 0 Å². The molecular formula is C18H25NS. The van der Waals surface area contributed by atoms with E-state index in [-0.39, 0.29) is 5.54 Å². The van der Waals surface area contributed by atoms with Gasteiger partial charge < -0.3 is 5.32 Å². The first kappa shape index (κ1) is 15.3. The third kappa shape index (κ3) is 4.77. The van der Waals surface area contributed by atoms with E-state index in [1.165, 1.54) is 15.3 Å². The predicted octanol–water partition coefficient (Wildman–Crippen LogP) is 4.77. The van der Waals surface area contributed by atoms with Crippen molar-refractivity contribution in [2.24, 2.45) is 0 Å². The molecule has 1 unspecified atom stereocenters. The molecule has 0 aliphatic carbocycles. The van der Waals surface area contributed by atoms with Crippen LogP contribution in [0.25, 0.3) is 0 Å². The van der Waals surface area contributed by atoms with Gasteiger partial charge in [-0.05, 0) is 51.8 Å². The van der Waals surface area contributed by atoms with Crippen LogP contribution in [0.5, 0.6) is 0 Å². The summed E-state index contributed by atoms with van der Waals surface area (Å²) < 4.78 is 0. The Labute approximate surface area is 127 Å². The van der Waals surface area contributed by atoms with Crippen molar-refractivity contribution < 1.29 is 0 Å². The zero-order chi connectivity index (χ0) is 14.6. The van der Waals surface area contributed by atoms with Crippen LogP contribution in [-0.4, -0.2) is 12.1 Å². The molecule has 0 fully saturated rings. The molecule has 2 aromatic rings. The largest absolute Gasteiger partial charge is 0.311 e. The molecule has 1 heterocycles. The van der Waals surface area contributed by atoms with Crippen molar-refractivity contribution in [3.05, 3.63) is 57.8 Å². The molecule has 0 radical (unpaired) electrons. The topological polar surface area (TPSA) is 12.0 Å². The number of benzene rings is 1. The molecule has 0 saturated carbocycles. The first-order chi connectivity index (χ1) is 9.44. The molecule has 0 saturated heterocycles. The zero-order valence-electron chi connectivity index (χ0n) is 12.9. The number of hydrogen-bond acceptors (Lipinski definition) is 2. The highest BCUT2D eigenvalue weighted by atomic mass is 32.1. The van der Waals surface area contributed by atoms with Crippen molar-refractivity contribution in [1.29, 1.82) is 0 Å². The molecule has 0 amide bonds. The van der Waals surface area contributed by atoms with Gasteiger partial charge in [-0.15, -0.1) is 11.3 Å². The van der Waals surface area contributed by atoms with Crippen molar-refractivity contribution in [2.45, 2.75) is 45.6 Å². The molecule has 2 rings (SSSR count). The van der Waals surface area contributed by atoms with Crippen LogP contribution in [-0.2, 0) is 6.42 Å². The van der Waals surface area contributed by atoms with E-state index in [1.807, 2.05) is 11.3 Å². The maximum Gasteiger partial charge on any atom is 0.00967 e. The summed E-state index contributed by atoms with van der Waals surface area (Å²) in [6.45, 7) is 9.88. The summed E-state index contributed by atoms with van der Waals surface area (Å²) in [5.41, 5.74) is 1.59. The van der Waals surface area contributed by atoms with Gasteiger partial charge in [0.2, 0.25) is 0 Å². The molecular weight excluding hydrogens is 262 g/mol. The van der Waals surface area contributed by atoms with Crippen LogP contribution in [0.2, 0.25) is 0 Å². The third-order valence-electron chi connectivity index (χ3n) is 3.39. The Balaban J connectivity index is 2.11. The van der Waals surface area contributed by atoms with Crippen molar-refractivity contribution in [3.63, 3.8) is 0 Å². The molecule has 0 bridgehead atoms. The van der Waals surface area contributed by atoms with Crippen LogP contribution in [0.4, 0.5) is 0 Å². The summed E-state index contributed by atoms with van der Waals surface area (Å²) in [6, 6.07) is 15.3. The Kier molecular flexibility index (Phi) is 5.00. The summed E-state index contributed by atoms with van der Waals surface area (Å²) in [7, 11) is 0. The van der Waals surface area contributed by atoms with Crippen LogP contribution < -0.4 is 5.32 Å². The minimum Gasteiger partial charge on any atom is -0.311 e. The predicted molar refractivity (Wildman–Crippen MR) is 89.7 cm³/mol. The van der Waals surface area contributed by atoms with E-state index < -0.39 is 0 Å². The lowest BCUT2D eigenvalue weighted by molar-refractivity contribution is 0.405. The molecule has 2 heteroatoms. The first-order valence-corrected chi connectivity index (χ1v) is 8.11. The smallest absolute Gasteiger partial charge is 0.00967 e. The molecule has 0 aliphatic heterocycles. The van der Waals surface area contributed by atoms with Gasteiger partial charge >= 0.3 is 0 Å². The maximum atomic E-state index is 3.65. The van der Waals surface area contributed by atoms with Crippen molar-refractivity contribution >= 4 is 11.3 Å². The molecule has 0 aliphatic rings. The van der Waals surface area contributed by atoms with E-state index in [0.717, 1.165) is 13.0 Å². The highest BCUT2D eigenvalue weighted by Crippen LogP contribution is 2.25. The second-order valence-electron chi connectivity index (χ2n) is 6.45. The van der Waals surface area contributed by atoms with Gasteiger partial charge in [0.15, 0.2) is 0 Å². The molecule has 1 aromatic carbocycles. The standard InChI is InChI=1S/C18H25NS/c1-14-10-11-17(20-14)12-16(13-19-18(2,3)4)15-8-6-5-7-9-15/h5-11,16,19H,12-13H2,1-4H3. The maximum absolute atomic E-state index is 3.65. The number of rotatable bonds is 5. The molecule has 0 spiro atoms. The van der Waals surface area contributed by atoms with Crippen LogP contribution in [0, 0.1) is 6.92 Å². The second-order valence-corrected chi connectivity index (χ2v) is 7.83. The normalized spacial score (nSPS) is 13.4. The van der Waals surface area contributed by atoms with E-state index >= 15 is 0 Å². The highest BCUT2D eigenvalue weighted by Gasteiger charge is 2.17. The van der Waals surface area contributed by atoms with Gasteiger partial charge in [-0.1, -0.05) is 30.3 Å². The second kappa shape index (κ2) is 6.55. The van der Waals surface area contributed by atoms with Gasteiger partial charge in [-0.3, -0.25) is 0 Å². The van der Waals surface area contributed by atoms with Crippen LogP contribution in [0.1, 0.15) is 42.0 Å². The average Bonchev–Trinajstić information content (AvgIpc) is 2.80. The van der Waals surface area contributed by atoms with Crippen molar-refractivity contribution in [3.8, 4) is 0 Å². The fraction of sp³-hybridized carbons (Fsp3) is 0.444. The van der Waals surface area contributed by atoms with E-state index in [2.05, 4.69) is 75.5 Å². The molecule has 1 atom stereocenters. The van der Waals surface area contributed by atoms with E-state index in [0.29, 0.717) is 5.92 Å². The van der Waals surface area contributed by atoms with Crippen LogP contribution >= 0.6 is 11.3 Å². The minimum atomic E-state index is 0.165. The molecule has 20 heavy (non-hydrogen) atoms. The number of nitrogens with one attached hydrogen (secondary N) is 1. The summed E-state index contributed by atoms with van der Waals surface area (Å²) in [5.74, 6) is 0.536. The quantitative estimate of drug-likeness (QED) is 0.835. The summed E-state index contributed by atoms with van der Waals surface area (Å²) in [6.07, 6.45) is 1.12. The fourth-order valence-corrected chi connectivity index (χ4v) is 3.27. The lowest BCUT2D eigenvalue weighted by Crippen LogP contribution is -2.38. The number of thiophene rings is 1. The van der Waals surface area contributed by atoms with Crippen LogP contribution in [0.15, 0.2) is 42.5 Å². The highest BCUT2D eigenvalue weighted by molar-refractivity contribution is 7.11. The monoisotopic (exact) mass is 287 g/mol. The number of hydrogen-bond donors (Lipinski definition) is 1. The van der Waals surface area contributed by atoms with Gasteiger partial charge in [0, 0.05) is 27.8 Å². The van der Waals surface area contributed by atoms with Crippen molar-refractivity contribution in [1.82, 2.24) is 5.32 Å². The summed E-state index contributed by atoms with van der Waals surface area (Å²) >= 11 is 1.92. The van der Waals surface area contributed by atoms with Gasteiger partial charge in [0.25, 0.3) is 0 Å².